The molecular formula is C15H25BN2O4. The third-order valence-electron chi connectivity index (χ3n) is 3.91. The average molecular weight is 308 g/mol. The standard InChI is InChI=1S/C15H25BN2O4/c1-10-9-18(12(19)20-13(2,3)4)11(17-10)16-21-14(5,6)15(7,8)22-16/h9H,1-8H3. The first kappa shape index (κ1) is 17.0. The first-order valence-corrected chi connectivity index (χ1v) is 7.47. The number of aryl methyl sites for hydroxylation is 1. The summed E-state index contributed by atoms with van der Waals surface area (Å²) in [6.07, 6.45) is 1.15. The maximum absolute atomic E-state index is 12.4. The molecule has 6 nitrogen and oxygen atoms in total. The van der Waals surface area contributed by atoms with Gasteiger partial charge in [-0.1, -0.05) is 0 Å². The van der Waals surface area contributed by atoms with E-state index >= 15 is 0 Å². The predicted molar refractivity (Wildman–Crippen MR) is 84.3 cm³/mol. The fraction of sp³-hybridized carbons (Fsp3) is 0.733. The fourth-order valence-corrected chi connectivity index (χ4v) is 2.09. The molecule has 2 rings (SSSR count). The van der Waals surface area contributed by atoms with Crippen molar-refractivity contribution < 1.29 is 18.8 Å². The van der Waals surface area contributed by atoms with Gasteiger partial charge in [0.1, 0.15) is 11.3 Å². The highest BCUT2D eigenvalue weighted by molar-refractivity contribution is 6.60. The van der Waals surface area contributed by atoms with Crippen molar-refractivity contribution in [3.63, 3.8) is 0 Å². The monoisotopic (exact) mass is 308 g/mol. The highest BCUT2D eigenvalue weighted by Gasteiger charge is 2.53. The smallest absolute Gasteiger partial charge is 0.443 e. The van der Waals surface area contributed by atoms with Gasteiger partial charge in [-0.3, -0.25) is 0 Å². The Kier molecular flexibility index (Phi) is 3.94. The zero-order chi connectivity index (χ0) is 16.9. The van der Waals surface area contributed by atoms with E-state index in [1.165, 1.54) is 4.57 Å². The van der Waals surface area contributed by atoms with Gasteiger partial charge in [0.2, 0.25) is 0 Å². The quantitative estimate of drug-likeness (QED) is 0.745. The summed E-state index contributed by atoms with van der Waals surface area (Å²) in [5, 5.41) is 0. The molecule has 0 aromatic carbocycles. The molecule has 0 N–H and O–H groups in total. The van der Waals surface area contributed by atoms with Crippen molar-refractivity contribution in [1.29, 1.82) is 0 Å². The number of nitrogens with zero attached hydrogens (tertiary/aromatic N) is 2. The SMILES string of the molecule is Cc1cn(C(=O)OC(C)(C)C)c(B2OC(C)(C)C(C)(C)O2)n1. The second-order valence-electron chi connectivity index (χ2n) is 7.68. The Hall–Kier alpha value is -1.34. The van der Waals surface area contributed by atoms with E-state index in [1.54, 1.807) is 6.20 Å². The van der Waals surface area contributed by atoms with Crippen LogP contribution in [0, 0.1) is 6.92 Å². The molecule has 0 bridgehead atoms. The number of rotatable bonds is 1. The Morgan fingerprint density at radius 1 is 1.23 bits per heavy atom. The van der Waals surface area contributed by atoms with Crippen LogP contribution in [-0.2, 0) is 14.0 Å². The van der Waals surface area contributed by atoms with Crippen LogP contribution in [0.3, 0.4) is 0 Å². The van der Waals surface area contributed by atoms with Crippen LogP contribution in [0.15, 0.2) is 6.20 Å². The first-order chi connectivity index (χ1) is 9.82. The maximum atomic E-state index is 12.4. The lowest BCUT2D eigenvalue weighted by molar-refractivity contribution is 0.00578. The Balaban J connectivity index is 2.32. The molecule has 0 aliphatic carbocycles. The maximum Gasteiger partial charge on any atom is 0.533 e. The number of aromatic nitrogens is 2. The second kappa shape index (κ2) is 5.10. The van der Waals surface area contributed by atoms with Crippen molar-refractivity contribution in [3.8, 4) is 0 Å². The summed E-state index contributed by atoms with van der Waals surface area (Å²) in [5.41, 5.74) is -0.448. The van der Waals surface area contributed by atoms with E-state index in [4.69, 9.17) is 14.0 Å². The summed E-state index contributed by atoms with van der Waals surface area (Å²) in [7, 11) is -0.703. The molecule has 1 aliphatic rings. The van der Waals surface area contributed by atoms with E-state index in [0.717, 1.165) is 0 Å². The third kappa shape index (κ3) is 3.20. The van der Waals surface area contributed by atoms with Gasteiger partial charge < -0.3 is 14.0 Å². The summed E-state index contributed by atoms with van der Waals surface area (Å²) in [5.74, 6) is 0. The minimum Gasteiger partial charge on any atom is -0.443 e. The first-order valence-electron chi connectivity index (χ1n) is 7.47. The summed E-state index contributed by atoms with van der Waals surface area (Å²) in [6.45, 7) is 15.1. The lowest BCUT2D eigenvalue weighted by Crippen LogP contribution is -2.44. The Bertz CT molecular complexity index is 571. The van der Waals surface area contributed by atoms with Crippen molar-refractivity contribution >= 4 is 18.9 Å². The Labute approximate surface area is 132 Å². The molecule has 1 aromatic heterocycles. The van der Waals surface area contributed by atoms with Gasteiger partial charge in [-0.05, 0) is 55.4 Å². The number of carbonyl (C=O) groups excluding carboxylic acids is 1. The topological polar surface area (TPSA) is 62.6 Å². The van der Waals surface area contributed by atoms with Crippen LogP contribution in [0.2, 0.25) is 0 Å². The molecule has 0 unspecified atom stereocenters. The molecule has 1 fully saturated rings. The molecule has 0 spiro atoms. The molecule has 0 amide bonds. The van der Waals surface area contributed by atoms with Crippen molar-refractivity contribution in [2.45, 2.75) is 72.2 Å². The minimum absolute atomic E-state index is 0.408. The number of carbonyl (C=O) groups is 1. The van der Waals surface area contributed by atoms with Gasteiger partial charge in [-0.2, -0.15) is 0 Å². The van der Waals surface area contributed by atoms with Crippen molar-refractivity contribution in [2.75, 3.05) is 0 Å². The van der Waals surface area contributed by atoms with Crippen LogP contribution in [0.5, 0.6) is 0 Å². The fourth-order valence-electron chi connectivity index (χ4n) is 2.09. The molecule has 22 heavy (non-hydrogen) atoms. The van der Waals surface area contributed by atoms with E-state index in [9.17, 15) is 4.79 Å². The molecular weight excluding hydrogens is 283 g/mol. The highest BCUT2D eigenvalue weighted by Crippen LogP contribution is 2.36. The normalized spacial score (nSPS) is 20.3. The summed E-state index contributed by atoms with van der Waals surface area (Å²) in [4.78, 5) is 16.8. The lowest BCUT2D eigenvalue weighted by atomic mass is 9.89. The van der Waals surface area contributed by atoms with E-state index in [-0.39, 0.29) is 0 Å². The average Bonchev–Trinajstić information content (AvgIpc) is 2.75. The largest absolute Gasteiger partial charge is 0.533 e. The second-order valence-corrected chi connectivity index (χ2v) is 7.68. The van der Waals surface area contributed by atoms with Gasteiger partial charge in [0.05, 0.1) is 16.9 Å². The summed E-state index contributed by atoms with van der Waals surface area (Å²) in [6, 6.07) is 0. The molecule has 0 saturated carbocycles. The van der Waals surface area contributed by atoms with Crippen LogP contribution in [-0.4, -0.2) is 39.6 Å². The van der Waals surface area contributed by atoms with Crippen molar-refractivity contribution in [3.05, 3.63) is 11.9 Å². The Morgan fingerprint density at radius 2 is 1.73 bits per heavy atom. The zero-order valence-corrected chi connectivity index (χ0v) is 14.7. The summed E-state index contributed by atoms with van der Waals surface area (Å²) >= 11 is 0. The lowest BCUT2D eigenvalue weighted by Gasteiger charge is -2.32. The van der Waals surface area contributed by atoms with Crippen LogP contribution in [0.1, 0.15) is 54.2 Å². The van der Waals surface area contributed by atoms with E-state index in [0.29, 0.717) is 11.4 Å². The molecule has 7 heteroatoms. The molecule has 1 aromatic rings. The third-order valence-corrected chi connectivity index (χ3v) is 3.91. The van der Waals surface area contributed by atoms with E-state index in [2.05, 4.69) is 4.98 Å². The van der Waals surface area contributed by atoms with Crippen LogP contribution in [0.25, 0.3) is 0 Å². The summed E-state index contributed by atoms with van der Waals surface area (Å²) < 4.78 is 18.7. The predicted octanol–water partition coefficient (Wildman–Crippen LogP) is 2.27. The molecule has 122 valence electrons. The van der Waals surface area contributed by atoms with Crippen LogP contribution in [0.4, 0.5) is 4.79 Å². The van der Waals surface area contributed by atoms with Gasteiger partial charge in [0.25, 0.3) is 0 Å². The van der Waals surface area contributed by atoms with E-state index in [1.807, 2.05) is 55.4 Å². The molecule has 1 aliphatic heterocycles. The molecule has 0 atom stereocenters. The molecule has 2 heterocycles. The number of hydrogen-bond acceptors (Lipinski definition) is 5. The molecule has 0 radical (unpaired) electrons. The number of hydrogen-bond donors (Lipinski definition) is 0. The van der Waals surface area contributed by atoms with E-state index < -0.39 is 30.0 Å². The van der Waals surface area contributed by atoms with Crippen molar-refractivity contribution in [2.24, 2.45) is 0 Å². The van der Waals surface area contributed by atoms with Crippen LogP contribution < -0.4 is 5.72 Å². The van der Waals surface area contributed by atoms with Crippen molar-refractivity contribution in [1.82, 2.24) is 9.55 Å². The minimum atomic E-state index is -0.703. The molecule has 1 saturated heterocycles. The zero-order valence-electron chi connectivity index (χ0n) is 14.7. The van der Waals surface area contributed by atoms with Gasteiger partial charge in [0.15, 0.2) is 0 Å². The van der Waals surface area contributed by atoms with Gasteiger partial charge in [-0.15, -0.1) is 0 Å². The highest BCUT2D eigenvalue weighted by atomic mass is 16.7. The Morgan fingerprint density at radius 3 is 2.18 bits per heavy atom. The number of imidazole rings is 1. The number of ether oxygens (including phenoxy) is 1. The van der Waals surface area contributed by atoms with Gasteiger partial charge in [-0.25, -0.2) is 14.3 Å². The van der Waals surface area contributed by atoms with Gasteiger partial charge in [0, 0.05) is 6.20 Å². The van der Waals surface area contributed by atoms with Crippen LogP contribution >= 0.6 is 0 Å². The van der Waals surface area contributed by atoms with Gasteiger partial charge >= 0.3 is 13.2 Å².